The molecule has 1 saturated heterocycles. The number of rotatable bonds is 3. The van der Waals surface area contributed by atoms with E-state index in [4.69, 9.17) is 0 Å². The van der Waals surface area contributed by atoms with Crippen LogP contribution in [0.2, 0.25) is 0 Å². The van der Waals surface area contributed by atoms with Gasteiger partial charge in [-0.3, -0.25) is 9.59 Å². The number of phenolic OH excluding ortho intramolecular Hbond substituents is 2. The molecule has 0 atom stereocenters. The predicted octanol–water partition coefficient (Wildman–Crippen LogP) is 2.15. The van der Waals surface area contributed by atoms with E-state index in [1.54, 1.807) is 9.80 Å². The molecule has 2 amide bonds. The smallest absolute Gasteiger partial charge is 0.254 e. The molecule has 1 heterocycles. The summed E-state index contributed by atoms with van der Waals surface area (Å²) < 4.78 is 0. The number of phenols is 2. The van der Waals surface area contributed by atoms with E-state index >= 15 is 0 Å². The van der Waals surface area contributed by atoms with Crippen LogP contribution in [0, 0.1) is 0 Å². The lowest BCUT2D eigenvalue weighted by molar-refractivity contribution is 0.0718. The standard InChI is InChI=1S/C21H25N3O4/c1-22(2)17-6-4-15(5-7-17)20(27)23-8-3-9-24(11-10-23)21(28)16-12-18(25)14-19(26)13-16/h4-7,12-14,25-26H,3,8-11H2,1-2H3. The van der Waals surface area contributed by atoms with Crippen LogP contribution in [0.15, 0.2) is 42.5 Å². The fourth-order valence-corrected chi connectivity index (χ4v) is 3.31. The summed E-state index contributed by atoms with van der Waals surface area (Å²) in [7, 11) is 3.90. The summed E-state index contributed by atoms with van der Waals surface area (Å²) >= 11 is 0. The van der Waals surface area contributed by atoms with Crippen LogP contribution in [-0.2, 0) is 0 Å². The molecule has 1 aliphatic rings. The summed E-state index contributed by atoms with van der Waals surface area (Å²) in [6, 6.07) is 11.3. The Kier molecular flexibility index (Phi) is 5.73. The first-order chi connectivity index (χ1) is 13.3. The maximum atomic E-state index is 12.8. The molecule has 7 nitrogen and oxygen atoms in total. The van der Waals surface area contributed by atoms with Crippen LogP contribution < -0.4 is 4.90 Å². The van der Waals surface area contributed by atoms with Crippen molar-refractivity contribution in [1.29, 1.82) is 0 Å². The molecule has 148 valence electrons. The van der Waals surface area contributed by atoms with Gasteiger partial charge in [-0.1, -0.05) is 0 Å². The summed E-state index contributed by atoms with van der Waals surface area (Å²) in [4.78, 5) is 30.9. The topological polar surface area (TPSA) is 84.3 Å². The van der Waals surface area contributed by atoms with Gasteiger partial charge in [0.25, 0.3) is 11.8 Å². The minimum Gasteiger partial charge on any atom is -0.508 e. The third-order valence-corrected chi connectivity index (χ3v) is 4.85. The highest BCUT2D eigenvalue weighted by Gasteiger charge is 2.24. The number of carbonyl (C=O) groups excluding carboxylic acids is 2. The second kappa shape index (κ2) is 8.21. The number of nitrogens with zero attached hydrogens (tertiary/aromatic N) is 3. The molecular formula is C21H25N3O4. The van der Waals surface area contributed by atoms with E-state index in [1.807, 2.05) is 43.3 Å². The highest BCUT2D eigenvalue weighted by molar-refractivity contribution is 5.96. The number of hydrogen-bond donors (Lipinski definition) is 2. The number of anilines is 1. The summed E-state index contributed by atoms with van der Waals surface area (Å²) in [5.41, 5.74) is 1.89. The van der Waals surface area contributed by atoms with E-state index in [2.05, 4.69) is 0 Å². The number of amides is 2. The number of carbonyl (C=O) groups is 2. The van der Waals surface area contributed by atoms with Crippen molar-refractivity contribution >= 4 is 17.5 Å². The maximum Gasteiger partial charge on any atom is 0.254 e. The van der Waals surface area contributed by atoms with Crippen LogP contribution in [0.4, 0.5) is 5.69 Å². The zero-order valence-electron chi connectivity index (χ0n) is 16.1. The van der Waals surface area contributed by atoms with Gasteiger partial charge in [-0.25, -0.2) is 0 Å². The van der Waals surface area contributed by atoms with Crippen LogP contribution in [0.1, 0.15) is 27.1 Å². The number of hydrogen-bond acceptors (Lipinski definition) is 5. The average molecular weight is 383 g/mol. The van der Waals surface area contributed by atoms with Crippen LogP contribution in [-0.4, -0.2) is 72.1 Å². The molecule has 0 aromatic heterocycles. The van der Waals surface area contributed by atoms with E-state index in [9.17, 15) is 19.8 Å². The van der Waals surface area contributed by atoms with E-state index in [-0.39, 0.29) is 28.9 Å². The van der Waals surface area contributed by atoms with E-state index < -0.39 is 0 Å². The van der Waals surface area contributed by atoms with Crippen LogP contribution in [0.5, 0.6) is 11.5 Å². The van der Waals surface area contributed by atoms with Gasteiger partial charge in [0, 0.05) is 63.2 Å². The fraction of sp³-hybridized carbons (Fsp3) is 0.333. The molecule has 0 unspecified atom stereocenters. The second-order valence-electron chi connectivity index (χ2n) is 7.12. The molecule has 2 aromatic carbocycles. The van der Waals surface area contributed by atoms with Gasteiger partial charge in [0.15, 0.2) is 0 Å². The van der Waals surface area contributed by atoms with Gasteiger partial charge in [-0.15, -0.1) is 0 Å². The van der Waals surface area contributed by atoms with Gasteiger partial charge in [0.2, 0.25) is 0 Å². The first-order valence-corrected chi connectivity index (χ1v) is 9.24. The molecule has 0 spiro atoms. The average Bonchev–Trinajstić information content (AvgIpc) is 2.92. The van der Waals surface area contributed by atoms with Gasteiger partial charge in [-0.05, 0) is 42.8 Å². The fourth-order valence-electron chi connectivity index (χ4n) is 3.31. The molecule has 0 radical (unpaired) electrons. The largest absolute Gasteiger partial charge is 0.508 e. The van der Waals surface area contributed by atoms with Gasteiger partial charge < -0.3 is 24.9 Å². The van der Waals surface area contributed by atoms with E-state index in [0.29, 0.717) is 38.2 Å². The molecule has 1 aliphatic heterocycles. The highest BCUT2D eigenvalue weighted by atomic mass is 16.3. The SMILES string of the molecule is CN(C)c1ccc(C(=O)N2CCCN(C(=O)c3cc(O)cc(O)c3)CC2)cc1. The molecule has 0 aliphatic carbocycles. The molecule has 7 heteroatoms. The van der Waals surface area contributed by atoms with Crippen molar-refractivity contribution in [2.24, 2.45) is 0 Å². The zero-order chi connectivity index (χ0) is 20.3. The molecule has 2 N–H and O–H groups in total. The van der Waals surface area contributed by atoms with Crippen molar-refractivity contribution in [2.45, 2.75) is 6.42 Å². The van der Waals surface area contributed by atoms with Gasteiger partial charge in [-0.2, -0.15) is 0 Å². The molecule has 28 heavy (non-hydrogen) atoms. The minimum atomic E-state index is -0.268. The normalized spacial score (nSPS) is 14.5. The van der Waals surface area contributed by atoms with Crippen molar-refractivity contribution in [3.63, 3.8) is 0 Å². The lowest BCUT2D eigenvalue weighted by Crippen LogP contribution is -2.37. The van der Waals surface area contributed by atoms with Crippen molar-refractivity contribution < 1.29 is 19.8 Å². The molecule has 3 rings (SSSR count). The third-order valence-electron chi connectivity index (χ3n) is 4.85. The second-order valence-corrected chi connectivity index (χ2v) is 7.12. The first kappa shape index (κ1) is 19.5. The monoisotopic (exact) mass is 383 g/mol. The van der Waals surface area contributed by atoms with Crippen LogP contribution >= 0.6 is 0 Å². The molecule has 2 aromatic rings. The molecule has 0 bridgehead atoms. The Labute approximate surface area is 164 Å². The third kappa shape index (κ3) is 4.36. The Morgan fingerprint density at radius 2 is 1.29 bits per heavy atom. The summed E-state index contributed by atoms with van der Waals surface area (Å²) in [6.45, 7) is 1.92. The molecule has 0 saturated carbocycles. The number of benzene rings is 2. The van der Waals surface area contributed by atoms with Gasteiger partial charge in [0.1, 0.15) is 11.5 Å². The van der Waals surface area contributed by atoms with Crippen molar-refractivity contribution in [1.82, 2.24) is 9.80 Å². The van der Waals surface area contributed by atoms with Crippen molar-refractivity contribution in [3.8, 4) is 11.5 Å². The lowest BCUT2D eigenvalue weighted by atomic mass is 10.1. The highest BCUT2D eigenvalue weighted by Crippen LogP contribution is 2.22. The Hall–Kier alpha value is -3.22. The van der Waals surface area contributed by atoms with Crippen LogP contribution in [0.25, 0.3) is 0 Å². The summed E-state index contributed by atoms with van der Waals surface area (Å²) in [5, 5.41) is 19.2. The Morgan fingerprint density at radius 3 is 1.79 bits per heavy atom. The summed E-state index contributed by atoms with van der Waals surface area (Å²) in [5.74, 6) is -0.627. The lowest BCUT2D eigenvalue weighted by Gasteiger charge is -2.22. The Balaban J connectivity index is 1.67. The van der Waals surface area contributed by atoms with Crippen molar-refractivity contribution in [2.75, 3.05) is 45.2 Å². The Bertz CT molecular complexity index is 844. The van der Waals surface area contributed by atoms with E-state index in [1.165, 1.54) is 18.2 Å². The number of aromatic hydroxyl groups is 2. The molecule has 1 fully saturated rings. The van der Waals surface area contributed by atoms with E-state index in [0.717, 1.165) is 5.69 Å². The quantitative estimate of drug-likeness (QED) is 0.849. The predicted molar refractivity (Wildman–Crippen MR) is 107 cm³/mol. The summed E-state index contributed by atoms with van der Waals surface area (Å²) in [6.07, 6.45) is 0.665. The van der Waals surface area contributed by atoms with Crippen molar-refractivity contribution in [3.05, 3.63) is 53.6 Å². The van der Waals surface area contributed by atoms with Gasteiger partial charge in [0.05, 0.1) is 0 Å². The Morgan fingerprint density at radius 1 is 0.786 bits per heavy atom. The zero-order valence-corrected chi connectivity index (χ0v) is 16.1. The minimum absolute atomic E-state index is 0.0467. The van der Waals surface area contributed by atoms with Gasteiger partial charge >= 0.3 is 0 Å². The van der Waals surface area contributed by atoms with Crippen LogP contribution in [0.3, 0.4) is 0 Å². The first-order valence-electron chi connectivity index (χ1n) is 9.24. The molecular weight excluding hydrogens is 358 g/mol. The maximum absolute atomic E-state index is 12.8.